The summed E-state index contributed by atoms with van der Waals surface area (Å²) in [5.41, 5.74) is 1.70. The van der Waals surface area contributed by atoms with Crippen molar-refractivity contribution >= 4 is 23.4 Å². The highest BCUT2D eigenvalue weighted by molar-refractivity contribution is 5.96. The summed E-state index contributed by atoms with van der Waals surface area (Å²) in [6.45, 7) is 3.18. The van der Waals surface area contributed by atoms with E-state index in [1.54, 1.807) is 24.3 Å². The van der Waals surface area contributed by atoms with E-state index in [-0.39, 0.29) is 11.3 Å². The summed E-state index contributed by atoms with van der Waals surface area (Å²) >= 11 is 0. The molecule has 0 spiro atoms. The standard InChI is InChI=1S/C23H23N7O4/c1-2-3-12-34-22(31)19-15-28-23(29-21(19)17-6-4-16(13-24)5-7-17)26-11-10-25-20-9-8-18(14-27-20)30(32)33/h4-9,14-15H,2-3,10-12H2,1H3,(H,25,27)(H,26,28,29). The van der Waals surface area contributed by atoms with Crippen LogP contribution in [0.3, 0.4) is 0 Å². The van der Waals surface area contributed by atoms with Gasteiger partial charge in [-0.2, -0.15) is 5.26 Å². The summed E-state index contributed by atoms with van der Waals surface area (Å²) in [5.74, 6) is 0.296. The number of nitriles is 1. The van der Waals surface area contributed by atoms with Gasteiger partial charge in [0.1, 0.15) is 17.6 Å². The van der Waals surface area contributed by atoms with Crippen molar-refractivity contribution in [1.82, 2.24) is 15.0 Å². The quantitative estimate of drug-likeness (QED) is 0.186. The van der Waals surface area contributed by atoms with E-state index in [2.05, 4.69) is 31.7 Å². The van der Waals surface area contributed by atoms with Crippen LogP contribution in [0, 0.1) is 21.4 Å². The number of nitrogens with one attached hydrogen (secondary N) is 2. The van der Waals surface area contributed by atoms with Crippen LogP contribution in [0.5, 0.6) is 0 Å². The summed E-state index contributed by atoms with van der Waals surface area (Å²) < 4.78 is 5.34. The number of nitro groups is 1. The van der Waals surface area contributed by atoms with Crippen molar-refractivity contribution in [3.8, 4) is 17.3 Å². The predicted molar refractivity (Wildman–Crippen MR) is 125 cm³/mol. The maximum absolute atomic E-state index is 12.6. The van der Waals surface area contributed by atoms with Crippen molar-refractivity contribution in [3.63, 3.8) is 0 Å². The van der Waals surface area contributed by atoms with Gasteiger partial charge in [0, 0.05) is 30.9 Å². The van der Waals surface area contributed by atoms with Crippen LogP contribution in [0.25, 0.3) is 11.3 Å². The third-order valence-electron chi connectivity index (χ3n) is 4.70. The maximum Gasteiger partial charge on any atom is 0.341 e. The van der Waals surface area contributed by atoms with Gasteiger partial charge in [-0.05, 0) is 24.6 Å². The molecule has 2 heterocycles. The van der Waals surface area contributed by atoms with E-state index in [4.69, 9.17) is 10.00 Å². The molecule has 0 atom stereocenters. The Labute approximate surface area is 196 Å². The van der Waals surface area contributed by atoms with Crippen LogP contribution in [-0.2, 0) is 4.74 Å². The number of hydrogen-bond donors (Lipinski definition) is 2. The molecule has 2 aromatic heterocycles. The Hall–Kier alpha value is -4.59. The van der Waals surface area contributed by atoms with Gasteiger partial charge in [-0.3, -0.25) is 10.1 Å². The lowest BCUT2D eigenvalue weighted by Crippen LogP contribution is -2.17. The van der Waals surface area contributed by atoms with Gasteiger partial charge in [-0.15, -0.1) is 0 Å². The first-order valence-corrected chi connectivity index (χ1v) is 10.6. The molecule has 0 saturated carbocycles. The van der Waals surface area contributed by atoms with E-state index in [9.17, 15) is 14.9 Å². The third-order valence-corrected chi connectivity index (χ3v) is 4.70. The zero-order valence-corrected chi connectivity index (χ0v) is 18.5. The molecule has 0 saturated heterocycles. The Balaban J connectivity index is 1.70. The molecule has 174 valence electrons. The molecule has 34 heavy (non-hydrogen) atoms. The smallest absolute Gasteiger partial charge is 0.341 e. The molecule has 1 aromatic carbocycles. The molecule has 0 amide bonds. The predicted octanol–water partition coefficient (Wildman–Crippen LogP) is 3.80. The highest BCUT2D eigenvalue weighted by atomic mass is 16.6. The number of nitrogens with zero attached hydrogens (tertiary/aromatic N) is 5. The number of esters is 1. The highest BCUT2D eigenvalue weighted by Crippen LogP contribution is 2.24. The van der Waals surface area contributed by atoms with Crippen molar-refractivity contribution in [3.05, 3.63) is 70.0 Å². The summed E-state index contributed by atoms with van der Waals surface area (Å²) in [7, 11) is 0. The van der Waals surface area contributed by atoms with Gasteiger partial charge >= 0.3 is 5.97 Å². The minimum atomic E-state index is -0.510. The van der Waals surface area contributed by atoms with Crippen LogP contribution in [0.15, 0.2) is 48.8 Å². The summed E-state index contributed by atoms with van der Waals surface area (Å²) in [5, 5.41) is 25.9. The van der Waals surface area contributed by atoms with Crippen LogP contribution in [-0.4, -0.2) is 45.5 Å². The molecule has 0 aliphatic rings. The van der Waals surface area contributed by atoms with Crippen LogP contribution in [0.2, 0.25) is 0 Å². The van der Waals surface area contributed by atoms with Crippen molar-refractivity contribution < 1.29 is 14.5 Å². The Bertz CT molecular complexity index is 1180. The van der Waals surface area contributed by atoms with Crippen LogP contribution >= 0.6 is 0 Å². The lowest BCUT2D eigenvalue weighted by atomic mass is 10.1. The minimum Gasteiger partial charge on any atom is -0.462 e. The van der Waals surface area contributed by atoms with E-state index in [1.807, 2.05) is 6.92 Å². The van der Waals surface area contributed by atoms with Crippen molar-refractivity contribution in [2.24, 2.45) is 0 Å². The topological polar surface area (TPSA) is 156 Å². The number of carbonyl (C=O) groups is 1. The maximum atomic E-state index is 12.6. The number of aromatic nitrogens is 3. The molecule has 0 unspecified atom stereocenters. The molecule has 0 radical (unpaired) electrons. The first kappa shape index (κ1) is 24.1. The second kappa shape index (κ2) is 11.9. The van der Waals surface area contributed by atoms with Crippen LogP contribution < -0.4 is 10.6 Å². The number of rotatable bonds is 11. The Morgan fingerprint density at radius 2 is 1.88 bits per heavy atom. The van der Waals surface area contributed by atoms with Gasteiger partial charge in [0.25, 0.3) is 5.69 Å². The van der Waals surface area contributed by atoms with Gasteiger partial charge in [0.2, 0.25) is 5.95 Å². The van der Waals surface area contributed by atoms with Gasteiger partial charge < -0.3 is 15.4 Å². The molecule has 0 bridgehead atoms. The zero-order chi connectivity index (χ0) is 24.3. The molecular weight excluding hydrogens is 438 g/mol. The second-order valence-electron chi connectivity index (χ2n) is 7.15. The molecular formula is C23H23N7O4. The van der Waals surface area contributed by atoms with Crippen molar-refractivity contribution in [1.29, 1.82) is 5.26 Å². The number of anilines is 2. The van der Waals surface area contributed by atoms with E-state index in [1.165, 1.54) is 24.5 Å². The molecule has 11 heteroatoms. The first-order chi connectivity index (χ1) is 16.5. The van der Waals surface area contributed by atoms with E-state index < -0.39 is 10.9 Å². The SMILES string of the molecule is CCCCOC(=O)c1cnc(NCCNc2ccc([N+](=O)[O-])cn2)nc1-c1ccc(C#N)cc1. The average Bonchev–Trinajstić information content (AvgIpc) is 2.87. The fourth-order valence-electron chi connectivity index (χ4n) is 2.89. The van der Waals surface area contributed by atoms with Crippen molar-refractivity contribution in [2.75, 3.05) is 30.3 Å². The normalized spacial score (nSPS) is 10.2. The molecule has 2 N–H and O–H groups in total. The molecule has 3 rings (SSSR count). The van der Waals surface area contributed by atoms with Crippen LogP contribution in [0.4, 0.5) is 17.5 Å². The summed E-state index contributed by atoms with van der Waals surface area (Å²) in [6, 6.07) is 11.7. The van der Waals surface area contributed by atoms with Gasteiger partial charge in [0.15, 0.2) is 0 Å². The fourth-order valence-corrected chi connectivity index (χ4v) is 2.89. The number of pyridine rings is 1. The fraction of sp³-hybridized carbons (Fsp3) is 0.261. The lowest BCUT2D eigenvalue weighted by molar-refractivity contribution is -0.385. The Morgan fingerprint density at radius 1 is 1.12 bits per heavy atom. The van der Waals surface area contributed by atoms with E-state index >= 15 is 0 Å². The Kier molecular flexibility index (Phi) is 8.40. The highest BCUT2D eigenvalue weighted by Gasteiger charge is 2.18. The number of carbonyl (C=O) groups excluding carboxylic acids is 1. The third kappa shape index (κ3) is 6.46. The van der Waals surface area contributed by atoms with E-state index in [0.717, 1.165) is 12.8 Å². The number of benzene rings is 1. The van der Waals surface area contributed by atoms with Crippen molar-refractivity contribution in [2.45, 2.75) is 19.8 Å². The number of ether oxygens (including phenoxy) is 1. The molecule has 0 aliphatic carbocycles. The van der Waals surface area contributed by atoms with Gasteiger partial charge in [-0.25, -0.2) is 19.7 Å². The monoisotopic (exact) mass is 461 g/mol. The van der Waals surface area contributed by atoms with Gasteiger partial charge in [0.05, 0.1) is 28.9 Å². The largest absolute Gasteiger partial charge is 0.462 e. The first-order valence-electron chi connectivity index (χ1n) is 10.6. The molecule has 3 aromatic rings. The lowest BCUT2D eigenvalue weighted by Gasteiger charge is -2.12. The van der Waals surface area contributed by atoms with Crippen LogP contribution in [0.1, 0.15) is 35.7 Å². The van der Waals surface area contributed by atoms with Gasteiger partial charge in [-0.1, -0.05) is 25.5 Å². The molecule has 0 aliphatic heterocycles. The summed E-state index contributed by atoms with van der Waals surface area (Å²) in [4.78, 5) is 35.5. The minimum absolute atomic E-state index is 0.0827. The van der Waals surface area contributed by atoms with E-state index in [0.29, 0.717) is 48.3 Å². The molecule has 0 fully saturated rings. The number of hydrogen-bond acceptors (Lipinski definition) is 10. The summed E-state index contributed by atoms with van der Waals surface area (Å²) in [6.07, 6.45) is 4.26. The molecule has 11 nitrogen and oxygen atoms in total. The zero-order valence-electron chi connectivity index (χ0n) is 18.5. The average molecular weight is 461 g/mol. The second-order valence-corrected chi connectivity index (χ2v) is 7.15. The number of unbranched alkanes of at least 4 members (excludes halogenated alkanes) is 1. The Morgan fingerprint density at radius 3 is 2.53 bits per heavy atom.